The van der Waals surface area contributed by atoms with Crippen LogP contribution >= 0.6 is 0 Å². The van der Waals surface area contributed by atoms with E-state index in [1.807, 2.05) is 6.08 Å². The largest absolute Gasteiger partial charge is 0.103 e. The zero-order valence-electron chi connectivity index (χ0n) is 8.06. The molecule has 0 amide bonds. The van der Waals surface area contributed by atoms with Gasteiger partial charge in [0.1, 0.15) is 0 Å². The van der Waals surface area contributed by atoms with Crippen molar-refractivity contribution in [3.8, 4) is 0 Å². The van der Waals surface area contributed by atoms with Gasteiger partial charge in [-0.1, -0.05) is 32.1 Å². The summed E-state index contributed by atoms with van der Waals surface area (Å²) in [4.78, 5) is 0. The van der Waals surface area contributed by atoms with Gasteiger partial charge in [0, 0.05) is 0 Å². The molecule has 0 saturated carbocycles. The molecular formula is C11H20. The fourth-order valence-corrected chi connectivity index (χ4v) is 1.03. The molecule has 0 aromatic heterocycles. The monoisotopic (exact) mass is 152 g/mol. The van der Waals surface area contributed by atoms with E-state index in [0.717, 1.165) is 6.42 Å². The van der Waals surface area contributed by atoms with Crippen LogP contribution in [0.15, 0.2) is 24.8 Å². The van der Waals surface area contributed by atoms with Crippen LogP contribution in [0.5, 0.6) is 0 Å². The summed E-state index contributed by atoms with van der Waals surface area (Å²) < 4.78 is 0. The maximum absolute atomic E-state index is 3.73. The fraction of sp³-hybridized carbons (Fsp3) is 0.636. The summed E-state index contributed by atoms with van der Waals surface area (Å²) in [5.74, 6) is 0. The topological polar surface area (TPSA) is 0 Å². The third-order valence-corrected chi connectivity index (χ3v) is 1.93. The van der Waals surface area contributed by atoms with E-state index in [0.29, 0.717) is 5.41 Å². The lowest BCUT2D eigenvalue weighted by molar-refractivity contribution is 0.343. The van der Waals surface area contributed by atoms with E-state index in [4.69, 9.17) is 0 Å². The van der Waals surface area contributed by atoms with Crippen molar-refractivity contribution in [2.24, 2.45) is 5.41 Å². The molecule has 0 spiro atoms. The van der Waals surface area contributed by atoms with Gasteiger partial charge in [0.05, 0.1) is 0 Å². The molecule has 0 aliphatic rings. The Kier molecular flexibility index (Phi) is 4.93. The molecule has 0 atom stereocenters. The van der Waals surface area contributed by atoms with Crippen molar-refractivity contribution < 1.29 is 0 Å². The maximum atomic E-state index is 3.73. The number of rotatable bonds is 5. The molecule has 0 radical (unpaired) electrons. The summed E-state index contributed by atoms with van der Waals surface area (Å²) in [6, 6.07) is 0. The van der Waals surface area contributed by atoms with Gasteiger partial charge in [-0.05, 0) is 31.6 Å². The Labute approximate surface area is 71.0 Å². The molecule has 0 N–H and O–H groups in total. The predicted octanol–water partition coefficient (Wildman–Crippen LogP) is 3.95. The first-order valence-corrected chi connectivity index (χ1v) is 4.34. The first-order valence-electron chi connectivity index (χ1n) is 4.34. The molecule has 0 rings (SSSR count). The molecule has 11 heavy (non-hydrogen) atoms. The lowest BCUT2D eigenvalue weighted by Crippen LogP contribution is -2.08. The van der Waals surface area contributed by atoms with E-state index >= 15 is 0 Å². The second-order valence-corrected chi connectivity index (χ2v) is 3.76. The molecular weight excluding hydrogens is 132 g/mol. The van der Waals surface area contributed by atoms with E-state index in [1.54, 1.807) is 0 Å². The minimum atomic E-state index is 0.445. The summed E-state index contributed by atoms with van der Waals surface area (Å²) in [6.07, 6.45) is 9.90. The van der Waals surface area contributed by atoms with Crippen molar-refractivity contribution >= 4 is 0 Å². The van der Waals surface area contributed by atoms with E-state index in [2.05, 4.69) is 39.5 Å². The number of hydrogen-bond acceptors (Lipinski definition) is 0. The van der Waals surface area contributed by atoms with Crippen LogP contribution in [0.1, 0.15) is 40.0 Å². The van der Waals surface area contributed by atoms with Crippen LogP contribution < -0.4 is 0 Å². The third-order valence-electron chi connectivity index (χ3n) is 1.93. The molecule has 0 nitrogen and oxygen atoms in total. The highest BCUT2D eigenvalue weighted by Crippen LogP contribution is 2.26. The van der Waals surface area contributed by atoms with Crippen LogP contribution in [-0.2, 0) is 0 Å². The summed E-state index contributed by atoms with van der Waals surface area (Å²) in [5.41, 5.74) is 0.445. The first-order chi connectivity index (χ1) is 5.12. The van der Waals surface area contributed by atoms with Crippen LogP contribution in [0, 0.1) is 5.41 Å². The zero-order valence-corrected chi connectivity index (χ0v) is 8.06. The number of allylic oxidation sites excluding steroid dienone is 3. The quantitative estimate of drug-likeness (QED) is 0.523. The highest BCUT2D eigenvalue weighted by molar-refractivity contribution is 4.86. The maximum Gasteiger partial charge on any atom is -0.0299 e. The Balaban J connectivity index is 3.68. The molecule has 0 saturated heterocycles. The van der Waals surface area contributed by atoms with Gasteiger partial charge in [0.25, 0.3) is 0 Å². The Bertz CT molecular complexity index is 129. The van der Waals surface area contributed by atoms with Gasteiger partial charge < -0.3 is 0 Å². The SMILES string of the molecule is C=CCCC(C)(C)C/C=C\C. The minimum absolute atomic E-state index is 0.445. The molecule has 0 fully saturated rings. The van der Waals surface area contributed by atoms with Crippen molar-refractivity contribution in [1.29, 1.82) is 0 Å². The summed E-state index contributed by atoms with van der Waals surface area (Å²) in [7, 11) is 0. The standard InChI is InChI=1S/C11H20/c1-5-7-9-11(3,4)10-8-6-2/h5-6,8H,1,7,9-10H2,2-4H3/b8-6-. The van der Waals surface area contributed by atoms with E-state index in [1.165, 1.54) is 12.8 Å². The van der Waals surface area contributed by atoms with E-state index in [9.17, 15) is 0 Å². The van der Waals surface area contributed by atoms with Crippen LogP contribution in [0.2, 0.25) is 0 Å². The van der Waals surface area contributed by atoms with E-state index in [-0.39, 0.29) is 0 Å². The van der Waals surface area contributed by atoms with E-state index < -0.39 is 0 Å². The molecule has 0 aliphatic carbocycles. The summed E-state index contributed by atoms with van der Waals surface area (Å²) in [5, 5.41) is 0. The van der Waals surface area contributed by atoms with Crippen molar-refractivity contribution in [3.63, 3.8) is 0 Å². The van der Waals surface area contributed by atoms with Crippen LogP contribution in [-0.4, -0.2) is 0 Å². The highest BCUT2D eigenvalue weighted by atomic mass is 14.2. The van der Waals surface area contributed by atoms with Gasteiger partial charge in [0.2, 0.25) is 0 Å². The second-order valence-electron chi connectivity index (χ2n) is 3.76. The zero-order chi connectivity index (χ0) is 8.74. The van der Waals surface area contributed by atoms with Crippen LogP contribution in [0.3, 0.4) is 0 Å². The van der Waals surface area contributed by atoms with Crippen molar-refractivity contribution in [3.05, 3.63) is 24.8 Å². The van der Waals surface area contributed by atoms with Crippen LogP contribution in [0.25, 0.3) is 0 Å². The van der Waals surface area contributed by atoms with Gasteiger partial charge in [-0.2, -0.15) is 0 Å². The van der Waals surface area contributed by atoms with Crippen LogP contribution in [0.4, 0.5) is 0 Å². The van der Waals surface area contributed by atoms with Crippen molar-refractivity contribution in [2.75, 3.05) is 0 Å². The minimum Gasteiger partial charge on any atom is -0.103 e. The Morgan fingerprint density at radius 1 is 1.36 bits per heavy atom. The third kappa shape index (κ3) is 5.90. The Hall–Kier alpha value is -0.520. The smallest absolute Gasteiger partial charge is 0.0299 e. The van der Waals surface area contributed by atoms with Gasteiger partial charge in [0.15, 0.2) is 0 Å². The highest BCUT2D eigenvalue weighted by Gasteiger charge is 2.13. The molecule has 0 aromatic carbocycles. The molecule has 0 heteroatoms. The molecule has 0 aromatic rings. The van der Waals surface area contributed by atoms with Gasteiger partial charge in [-0.15, -0.1) is 6.58 Å². The van der Waals surface area contributed by atoms with Gasteiger partial charge in [-0.25, -0.2) is 0 Å². The predicted molar refractivity (Wildman–Crippen MR) is 52.6 cm³/mol. The average molecular weight is 152 g/mol. The molecule has 64 valence electrons. The molecule has 0 heterocycles. The normalized spacial score (nSPS) is 12.3. The average Bonchev–Trinajstić information content (AvgIpc) is 1.97. The first kappa shape index (κ1) is 10.5. The van der Waals surface area contributed by atoms with Gasteiger partial charge in [-0.3, -0.25) is 0 Å². The lowest BCUT2D eigenvalue weighted by Gasteiger charge is -2.21. The molecule has 0 aliphatic heterocycles. The summed E-state index contributed by atoms with van der Waals surface area (Å²) in [6.45, 7) is 10.4. The second kappa shape index (κ2) is 5.17. The van der Waals surface area contributed by atoms with Gasteiger partial charge >= 0.3 is 0 Å². The fourth-order valence-electron chi connectivity index (χ4n) is 1.03. The van der Waals surface area contributed by atoms with Crippen molar-refractivity contribution in [2.45, 2.75) is 40.0 Å². The number of hydrogen-bond donors (Lipinski definition) is 0. The molecule has 0 unspecified atom stereocenters. The summed E-state index contributed by atoms with van der Waals surface area (Å²) >= 11 is 0. The van der Waals surface area contributed by atoms with Crippen molar-refractivity contribution in [1.82, 2.24) is 0 Å². The Morgan fingerprint density at radius 2 is 2.00 bits per heavy atom. The Morgan fingerprint density at radius 3 is 2.45 bits per heavy atom. The lowest BCUT2D eigenvalue weighted by atomic mass is 9.84. The molecule has 0 bridgehead atoms.